The van der Waals surface area contributed by atoms with Gasteiger partial charge >= 0.3 is 12.2 Å². The Morgan fingerprint density at radius 3 is 2.43 bits per heavy atom. The second kappa shape index (κ2) is 17.7. The van der Waals surface area contributed by atoms with Crippen LogP contribution >= 0.6 is 0 Å². The molecule has 5 aromatic rings. The van der Waals surface area contributed by atoms with Crippen LogP contribution in [0.5, 0.6) is 0 Å². The normalized spacial score (nSPS) is 14.8. The molecule has 2 aromatic heterocycles. The van der Waals surface area contributed by atoms with E-state index in [0.29, 0.717) is 25.5 Å². The monoisotopic (exact) mass is 740 g/mol. The summed E-state index contributed by atoms with van der Waals surface area (Å²) in [5.41, 5.74) is 5.59. The van der Waals surface area contributed by atoms with Crippen LogP contribution in [0.4, 0.5) is 9.59 Å². The Morgan fingerprint density at radius 1 is 0.907 bits per heavy atom. The lowest BCUT2D eigenvalue weighted by atomic mass is 9.99. The topological polar surface area (TPSA) is 202 Å². The molecule has 1 saturated heterocycles. The van der Waals surface area contributed by atoms with Crippen molar-refractivity contribution in [1.29, 1.82) is 0 Å². The van der Waals surface area contributed by atoms with Gasteiger partial charge in [0.1, 0.15) is 23.7 Å². The number of carbonyl (C=O) groups is 4. The number of morpholine rings is 1. The minimum atomic E-state index is -0.921. The number of H-pyrrole nitrogens is 2. The highest BCUT2D eigenvalue weighted by atomic mass is 16.5. The van der Waals surface area contributed by atoms with E-state index in [1.165, 1.54) is 21.3 Å². The maximum atomic E-state index is 13.6. The molecule has 0 aliphatic carbocycles. The number of rotatable bonds is 14. The molecule has 1 aliphatic rings. The summed E-state index contributed by atoms with van der Waals surface area (Å²) in [5.74, 6) is 0.884. The number of carbonyl (C=O) groups excluding carboxylic acids is 4. The van der Waals surface area contributed by atoms with E-state index in [0.717, 1.165) is 69.3 Å². The first-order chi connectivity index (χ1) is 26.3. The van der Waals surface area contributed by atoms with Crippen molar-refractivity contribution in [2.45, 2.75) is 31.3 Å². The Hall–Kier alpha value is -6.00. The van der Waals surface area contributed by atoms with Crippen LogP contribution in [0.15, 0.2) is 60.8 Å². The molecule has 0 radical (unpaired) electrons. The first-order valence-electron chi connectivity index (χ1n) is 17.6. The number of fused-ring (bicyclic) bond motifs is 2. The average molecular weight is 741 g/mol. The maximum absolute atomic E-state index is 13.6. The number of methoxy groups -OCH3 is 3. The van der Waals surface area contributed by atoms with Gasteiger partial charge in [0.2, 0.25) is 11.8 Å². The summed E-state index contributed by atoms with van der Waals surface area (Å²) in [7, 11) is 3.95. The fraction of sp³-hybridized carbons (Fsp3) is 0.368. The smallest absolute Gasteiger partial charge is 0.407 e. The van der Waals surface area contributed by atoms with Gasteiger partial charge in [0, 0.05) is 32.2 Å². The number of amides is 4. The van der Waals surface area contributed by atoms with Gasteiger partial charge in [-0.2, -0.15) is 0 Å². The van der Waals surface area contributed by atoms with Gasteiger partial charge in [-0.15, -0.1) is 0 Å². The van der Waals surface area contributed by atoms with E-state index in [2.05, 4.69) is 72.0 Å². The fourth-order valence-corrected chi connectivity index (χ4v) is 6.36. The van der Waals surface area contributed by atoms with Crippen molar-refractivity contribution < 1.29 is 38.1 Å². The second-order valence-electron chi connectivity index (χ2n) is 12.8. The summed E-state index contributed by atoms with van der Waals surface area (Å²) in [5, 5.41) is 9.86. The van der Waals surface area contributed by atoms with Crippen molar-refractivity contribution in [3.05, 3.63) is 72.4 Å². The lowest BCUT2D eigenvalue weighted by Gasteiger charge is -2.36. The zero-order valence-corrected chi connectivity index (χ0v) is 30.4. The molecule has 1 aliphatic heterocycles. The third-order valence-corrected chi connectivity index (χ3v) is 9.19. The molecule has 1 fully saturated rings. The number of aromatic nitrogens is 4. The molecule has 0 bridgehead atoms. The van der Waals surface area contributed by atoms with Crippen molar-refractivity contribution >= 4 is 45.8 Å². The number of nitrogens with zero attached hydrogens (tertiary/aromatic N) is 3. The molecule has 54 heavy (non-hydrogen) atoms. The number of benzene rings is 3. The van der Waals surface area contributed by atoms with Crippen molar-refractivity contribution in [1.82, 2.24) is 40.8 Å². The van der Waals surface area contributed by atoms with Crippen LogP contribution in [0, 0.1) is 0 Å². The molecule has 0 saturated carbocycles. The Kier molecular flexibility index (Phi) is 12.4. The largest absolute Gasteiger partial charge is 0.453 e. The van der Waals surface area contributed by atoms with E-state index in [1.54, 1.807) is 4.90 Å². The number of hydrogen-bond donors (Lipinski definition) is 5. The highest BCUT2D eigenvalue weighted by molar-refractivity contribution is 5.92. The molecule has 284 valence electrons. The summed E-state index contributed by atoms with van der Waals surface area (Å²) in [6.45, 7) is 1.32. The molecule has 6 rings (SSSR count). The number of alkyl carbamates (subject to hydrolysis) is 2. The second-order valence-corrected chi connectivity index (χ2v) is 12.8. The van der Waals surface area contributed by atoms with Gasteiger partial charge in [-0.3, -0.25) is 9.59 Å². The average Bonchev–Trinajstić information content (AvgIpc) is 3.86. The van der Waals surface area contributed by atoms with Crippen molar-refractivity contribution in [3.8, 4) is 22.4 Å². The van der Waals surface area contributed by atoms with Crippen LogP contribution in [0.25, 0.3) is 44.2 Å². The van der Waals surface area contributed by atoms with E-state index in [4.69, 9.17) is 19.2 Å². The van der Waals surface area contributed by atoms with E-state index < -0.39 is 24.3 Å². The SMILES string of the molecule is COCC(NC(=O)OC)C(=O)N1CCOCC1c1nc2ccc(-c3ccc4cc(-c5cnc(CCCCNC(=O)CNC(=O)OC)[nH]5)ccc4c3)cc2[nH]1. The molecule has 3 heterocycles. The maximum Gasteiger partial charge on any atom is 0.407 e. The van der Waals surface area contributed by atoms with Gasteiger partial charge in [0.15, 0.2) is 0 Å². The number of aromatic amines is 2. The van der Waals surface area contributed by atoms with Crippen LogP contribution in [0.2, 0.25) is 0 Å². The van der Waals surface area contributed by atoms with Gasteiger partial charge < -0.3 is 49.8 Å². The van der Waals surface area contributed by atoms with Gasteiger partial charge in [0.05, 0.1) is 63.5 Å². The molecule has 5 N–H and O–H groups in total. The zero-order valence-electron chi connectivity index (χ0n) is 30.4. The first-order valence-corrected chi connectivity index (χ1v) is 17.6. The summed E-state index contributed by atoms with van der Waals surface area (Å²) < 4.78 is 20.1. The molecule has 16 heteroatoms. The Labute approximate surface area is 311 Å². The minimum Gasteiger partial charge on any atom is -0.453 e. The lowest BCUT2D eigenvalue weighted by Crippen LogP contribution is -2.54. The standard InChI is InChI=1S/C38H44N8O8/c1-51-21-31(45-38(50)53-3)36(48)46-14-15-54-22-32(46)35-43-28-12-11-26(18-29(28)44-35)24-7-8-25-17-27(10-9-23(25)16-24)30-19-40-33(42-30)6-4-5-13-39-34(47)20-41-37(49)52-2/h7-12,16-19,31-32H,4-6,13-15,20-22H2,1-3H3,(H,39,47)(H,40,42)(H,41,49)(H,43,44)(H,45,50). The molecular formula is C38H44N8O8. The number of ether oxygens (including phenoxy) is 4. The molecular weight excluding hydrogens is 696 g/mol. The molecule has 4 amide bonds. The van der Waals surface area contributed by atoms with Crippen molar-refractivity contribution in [2.24, 2.45) is 0 Å². The van der Waals surface area contributed by atoms with Crippen LogP contribution in [-0.2, 0) is 35.0 Å². The van der Waals surface area contributed by atoms with Crippen LogP contribution in [0.3, 0.4) is 0 Å². The van der Waals surface area contributed by atoms with Crippen molar-refractivity contribution in [2.75, 3.05) is 60.8 Å². The summed E-state index contributed by atoms with van der Waals surface area (Å²) in [6.07, 6.45) is 2.83. The highest BCUT2D eigenvalue weighted by Gasteiger charge is 2.35. The van der Waals surface area contributed by atoms with Gasteiger partial charge in [0.25, 0.3) is 0 Å². The zero-order chi connectivity index (χ0) is 38.0. The number of hydrogen-bond acceptors (Lipinski definition) is 10. The fourth-order valence-electron chi connectivity index (χ4n) is 6.36. The summed E-state index contributed by atoms with van der Waals surface area (Å²) in [6, 6.07) is 17.3. The quantitative estimate of drug-likeness (QED) is 0.104. The lowest BCUT2D eigenvalue weighted by molar-refractivity contribution is -0.144. The van der Waals surface area contributed by atoms with Crippen LogP contribution < -0.4 is 16.0 Å². The summed E-state index contributed by atoms with van der Waals surface area (Å²) in [4.78, 5) is 66.2. The molecule has 3 aromatic carbocycles. The minimum absolute atomic E-state index is 0.00863. The Morgan fingerprint density at radius 2 is 1.65 bits per heavy atom. The first kappa shape index (κ1) is 37.7. The molecule has 2 unspecified atom stereocenters. The number of nitrogens with one attached hydrogen (secondary N) is 5. The van der Waals surface area contributed by atoms with Crippen LogP contribution in [-0.4, -0.2) is 116 Å². The molecule has 2 atom stereocenters. The number of unbranched alkanes of at least 4 members (excludes halogenated alkanes) is 1. The van der Waals surface area contributed by atoms with E-state index >= 15 is 0 Å². The predicted molar refractivity (Wildman–Crippen MR) is 199 cm³/mol. The van der Waals surface area contributed by atoms with E-state index in [9.17, 15) is 19.2 Å². The van der Waals surface area contributed by atoms with E-state index in [1.807, 2.05) is 24.4 Å². The predicted octanol–water partition coefficient (Wildman–Crippen LogP) is 3.84. The molecule has 0 spiro atoms. The van der Waals surface area contributed by atoms with Gasteiger partial charge in [-0.25, -0.2) is 19.6 Å². The number of aryl methyl sites for hydroxylation is 1. The molecule has 16 nitrogen and oxygen atoms in total. The number of imidazole rings is 2. The summed E-state index contributed by atoms with van der Waals surface area (Å²) >= 11 is 0. The van der Waals surface area contributed by atoms with Gasteiger partial charge in [-0.05, 0) is 59.0 Å². The third-order valence-electron chi connectivity index (χ3n) is 9.19. The highest BCUT2D eigenvalue weighted by Crippen LogP contribution is 2.31. The van der Waals surface area contributed by atoms with E-state index in [-0.39, 0.29) is 31.6 Å². The Bertz CT molecular complexity index is 2110. The van der Waals surface area contributed by atoms with Crippen LogP contribution in [0.1, 0.15) is 30.5 Å². The third kappa shape index (κ3) is 9.13. The van der Waals surface area contributed by atoms with Crippen molar-refractivity contribution in [3.63, 3.8) is 0 Å². The van der Waals surface area contributed by atoms with Gasteiger partial charge in [-0.1, -0.05) is 30.3 Å². The Balaban J connectivity index is 1.09.